The van der Waals surface area contributed by atoms with E-state index in [0.717, 1.165) is 18.7 Å². The molecule has 0 radical (unpaired) electrons. The fourth-order valence-corrected chi connectivity index (χ4v) is 2.58. The van der Waals surface area contributed by atoms with E-state index in [2.05, 4.69) is 10.6 Å². The van der Waals surface area contributed by atoms with Gasteiger partial charge in [-0.15, -0.1) is 0 Å². The number of amides is 1. The third-order valence-electron chi connectivity index (χ3n) is 3.19. The lowest BCUT2D eigenvalue weighted by Gasteiger charge is -2.24. The summed E-state index contributed by atoms with van der Waals surface area (Å²) in [6, 6.07) is 7.78. The Balaban J connectivity index is 2.03. The topological polar surface area (TPSA) is 50.4 Å². The molecule has 5 heteroatoms. The summed E-state index contributed by atoms with van der Waals surface area (Å²) in [6.07, 6.45) is -0.377. The van der Waals surface area contributed by atoms with Crippen LogP contribution in [0.4, 0.5) is 4.79 Å². The van der Waals surface area contributed by atoms with Crippen molar-refractivity contribution in [2.75, 3.05) is 13.1 Å². The van der Waals surface area contributed by atoms with Gasteiger partial charge >= 0.3 is 6.09 Å². The van der Waals surface area contributed by atoms with Crippen LogP contribution in [0.1, 0.15) is 32.3 Å². The molecule has 1 aliphatic heterocycles. The van der Waals surface area contributed by atoms with Gasteiger partial charge in [-0.2, -0.15) is 0 Å². The number of halogens is 1. The maximum Gasteiger partial charge on any atom is 0.407 e. The Morgan fingerprint density at radius 2 is 2.15 bits per heavy atom. The normalized spacial score (nSPS) is 22.6. The maximum absolute atomic E-state index is 11.9. The van der Waals surface area contributed by atoms with Gasteiger partial charge < -0.3 is 15.4 Å². The highest BCUT2D eigenvalue weighted by atomic mass is 35.5. The van der Waals surface area contributed by atoms with Crippen molar-refractivity contribution in [2.45, 2.75) is 38.3 Å². The molecular weight excluding hydrogens is 276 g/mol. The minimum atomic E-state index is -0.484. The van der Waals surface area contributed by atoms with Crippen LogP contribution in [0.25, 0.3) is 0 Å². The van der Waals surface area contributed by atoms with Gasteiger partial charge in [0.2, 0.25) is 0 Å². The zero-order chi connectivity index (χ0) is 14.8. The van der Waals surface area contributed by atoms with Crippen LogP contribution < -0.4 is 10.6 Å². The Hall–Kier alpha value is -1.26. The molecule has 2 N–H and O–H groups in total. The maximum atomic E-state index is 11.9. The van der Waals surface area contributed by atoms with Gasteiger partial charge in [0.05, 0.1) is 6.04 Å². The molecule has 0 bridgehead atoms. The Bertz CT molecular complexity index is 485. The molecule has 0 saturated carbocycles. The van der Waals surface area contributed by atoms with Crippen molar-refractivity contribution in [3.63, 3.8) is 0 Å². The lowest BCUT2D eigenvalue weighted by atomic mass is 9.94. The van der Waals surface area contributed by atoms with E-state index < -0.39 is 5.60 Å². The number of carbonyl (C=O) groups is 1. The summed E-state index contributed by atoms with van der Waals surface area (Å²) in [5, 5.41) is 6.95. The van der Waals surface area contributed by atoms with E-state index in [1.54, 1.807) is 0 Å². The summed E-state index contributed by atoms with van der Waals surface area (Å²) in [7, 11) is 0. The Kier molecular flexibility index (Phi) is 4.55. The van der Waals surface area contributed by atoms with Crippen molar-refractivity contribution in [3.05, 3.63) is 34.9 Å². The fraction of sp³-hybridized carbons (Fsp3) is 0.533. The van der Waals surface area contributed by atoms with Crippen LogP contribution in [-0.4, -0.2) is 30.8 Å². The number of ether oxygens (including phenoxy) is 1. The van der Waals surface area contributed by atoms with Gasteiger partial charge in [0, 0.05) is 24.0 Å². The van der Waals surface area contributed by atoms with Crippen molar-refractivity contribution in [3.8, 4) is 0 Å². The third-order valence-corrected chi connectivity index (χ3v) is 3.43. The summed E-state index contributed by atoms with van der Waals surface area (Å²) in [6.45, 7) is 7.12. The molecule has 0 aromatic heterocycles. The molecule has 1 amide bonds. The number of carbonyl (C=O) groups excluding carboxylic acids is 1. The van der Waals surface area contributed by atoms with Crippen LogP contribution in [0.3, 0.4) is 0 Å². The highest BCUT2D eigenvalue weighted by Gasteiger charge is 2.31. The number of nitrogens with one attached hydrogen (secondary N) is 2. The van der Waals surface area contributed by atoms with Gasteiger partial charge in [-0.25, -0.2) is 4.79 Å². The summed E-state index contributed by atoms with van der Waals surface area (Å²) in [4.78, 5) is 11.9. The smallest absolute Gasteiger partial charge is 0.407 e. The predicted octanol–water partition coefficient (Wildman–Crippen LogP) is 2.92. The van der Waals surface area contributed by atoms with E-state index in [-0.39, 0.29) is 18.1 Å². The van der Waals surface area contributed by atoms with Crippen molar-refractivity contribution >= 4 is 17.7 Å². The second-order valence-electron chi connectivity index (χ2n) is 6.07. The molecule has 1 aromatic carbocycles. The average molecular weight is 297 g/mol. The molecule has 0 aliphatic carbocycles. The molecule has 110 valence electrons. The van der Waals surface area contributed by atoms with Crippen LogP contribution in [0, 0.1) is 0 Å². The Morgan fingerprint density at radius 1 is 1.40 bits per heavy atom. The van der Waals surface area contributed by atoms with E-state index in [0.29, 0.717) is 5.02 Å². The van der Waals surface area contributed by atoms with E-state index >= 15 is 0 Å². The molecule has 0 spiro atoms. The quantitative estimate of drug-likeness (QED) is 0.882. The zero-order valence-corrected chi connectivity index (χ0v) is 12.8. The average Bonchev–Trinajstić information content (AvgIpc) is 2.74. The van der Waals surface area contributed by atoms with Crippen LogP contribution in [0.5, 0.6) is 0 Å². The molecule has 20 heavy (non-hydrogen) atoms. The molecule has 2 atom stereocenters. The number of hydrogen-bond donors (Lipinski definition) is 2. The fourth-order valence-electron chi connectivity index (χ4n) is 2.38. The molecule has 1 fully saturated rings. The van der Waals surface area contributed by atoms with E-state index in [1.807, 2.05) is 45.0 Å². The minimum Gasteiger partial charge on any atom is -0.444 e. The first kappa shape index (κ1) is 15.1. The van der Waals surface area contributed by atoms with Gasteiger partial charge in [0.15, 0.2) is 0 Å². The van der Waals surface area contributed by atoms with Crippen LogP contribution >= 0.6 is 11.6 Å². The molecule has 0 unspecified atom stereocenters. The first-order valence-electron chi connectivity index (χ1n) is 6.81. The highest BCUT2D eigenvalue weighted by Crippen LogP contribution is 2.25. The Morgan fingerprint density at radius 3 is 2.80 bits per heavy atom. The Labute approximate surface area is 124 Å². The van der Waals surface area contributed by atoms with Gasteiger partial charge in [0.25, 0.3) is 0 Å². The molecule has 1 saturated heterocycles. The van der Waals surface area contributed by atoms with E-state index in [1.165, 1.54) is 0 Å². The molecular formula is C15H21ClN2O2. The standard InChI is InChI=1S/C15H21ClN2O2/c1-15(2,3)20-14(19)18-13-9-17-8-12(13)10-5-4-6-11(16)7-10/h4-7,12-13,17H,8-9H2,1-3H3,(H,18,19)/t12-,13-/m1/s1. The summed E-state index contributed by atoms with van der Waals surface area (Å²) in [5.41, 5.74) is 0.644. The second kappa shape index (κ2) is 6.02. The number of alkyl carbamates (subject to hydrolysis) is 1. The minimum absolute atomic E-state index is 0.0170. The first-order chi connectivity index (χ1) is 9.35. The number of rotatable bonds is 2. The van der Waals surface area contributed by atoms with E-state index in [4.69, 9.17) is 16.3 Å². The summed E-state index contributed by atoms with van der Waals surface area (Å²) in [5.74, 6) is 0.209. The van der Waals surface area contributed by atoms with Gasteiger partial charge in [0.1, 0.15) is 5.60 Å². The molecule has 4 nitrogen and oxygen atoms in total. The van der Waals surface area contributed by atoms with Gasteiger partial charge in [-0.1, -0.05) is 23.7 Å². The lowest BCUT2D eigenvalue weighted by Crippen LogP contribution is -2.42. The zero-order valence-electron chi connectivity index (χ0n) is 12.1. The van der Waals surface area contributed by atoms with Crippen molar-refractivity contribution in [2.24, 2.45) is 0 Å². The van der Waals surface area contributed by atoms with Crippen molar-refractivity contribution in [1.82, 2.24) is 10.6 Å². The van der Waals surface area contributed by atoms with Crippen LogP contribution in [-0.2, 0) is 4.74 Å². The molecule has 1 aliphatic rings. The first-order valence-corrected chi connectivity index (χ1v) is 7.18. The van der Waals surface area contributed by atoms with E-state index in [9.17, 15) is 4.79 Å². The second-order valence-corrected chi connectivity index (χ2v) is 6.51. The van der Waals surface area contributed by atoms with Gasteiger partial charge in [-0.05, 0) is 38.5 Å². The van der Waals surface area contributed by atoms with Crippen molar-refractivity contribution in [1.29, 1.82) is 0 Å². The summed E-state index contributed by atoms with van der Waals surface area (Å²) >= 11 is 6.03. The molecule has 1 aromatic rings. The predicted molar refractivity (Wildman–Crippen MR) is 80.2 cm³/mol. The van der Waals surface area contributed by atoms with Gasteiger partial charge in [-0.3, -0.25) is 0 Å². The monoisotopic (exact) mass is 296 g/mol. The summed E-state index contributed by atoms with van der Waals surface area (Å²) < 4.78 is 5.30. The highest BCUT2D eigenvalue weighted by molar-refractivity contribution is 6.30. The molecule has 1 heterocycles. The third kappa shape index (κ3) is 4.12. The number of hydrogen-bond acceptors (Lipinski definition) is 3. The van der Waals surface area contributed by atoms with Crippen LogP contribution in [0.15, 0.2) is 24.3 Å². The number of benzene rings is 1. The largest absolute Gasteiger partial charge is 0.444 e. The van der Waals surface area contributed by atoms with Crippen molar-refractivity contribution < 1.29 is 9.53 Å². The lowest BCUT2D eigenvalue weighted by molar-refractivity contribution is 0.0504. The van der Waals surface area contributed by atoms with Crippen LogP contribution in [0.2, 0.25) is 5.02 Å². The SMILES string of the molecule is CC(C)(C)OC(=O)N[C@@H]1CNC[C@@H]1c1cccc(Cl)c1. The molecule has 2 rings (SSSR count).